The molecule has 1 aliphatic rings. The Morgan fingerprint density at radius 2 is 1.56 bits per heavy atom. The van der Waals surface area contributed by atoms with Crippen molar-refractivity contribution < 1.29 is 27.0 Å². The minimum Gasteiger partial charge on any atom is -0.493 e. The molecule has 0 radical (unpaired) electrons. The normalized spacial score (nSPS) is 14.6. The highest BCUT2D eigenvalue weighted by molar-refractivity contribution is 8.00. The maximum absolute atomic E-state index is 14.7. The molecule has 1 aliphatic heterocycles. The van der Waals surface area contributed by atoms with E-state index in [4.69, 9.17) is 9.47 Å². The Bertz CT molecular complexity index is 1170. The number of methoxy groups -OCH3 is 2. The van der Waals surface area contributed by atoms with Crippen LogP contribution in [0.2, 0.25) is 0 Å². The van der Waals surface area contributed by atoms with Crippen LogP contribution in [0.15, 0.2) is 65.6 Å². The van der Waals surface area contributed by atoms with Crippen molar-refractivity contribution >= 4 is 23.3 Å². The van der Waals surface area contributed by atoms with Crippen molar-refractivity contribution in [2.24, 2.45) is 0 Å². The number of nitrogens with one attached hydrogen (secondary N) is 1. The third-order valence-corrected chi connectivity index (χ3v) is 6.83. The lowest BCUT2D eigenvalue weighted by atomic mass is 10.1. The molecule has 1 N–H and O–H groups in total. The molecule has 1 saturated heterocycles. The summed E-state index contributed by atoms with van der Waals surface area (Å²) >= 11 is 1.06. The van der Waals surface area contributed by atoms with Gasteiger partial charge < -0.3 is 19.1 Å². The van der Waals surface area contributed by atoms with E-state index in [0.717, 1.165) is 68.1 Å². The number of rotatable bonds is 8. The van der Waals surface area contributed by atoms with E-state index in [-0.39, 0.29) is 5.69 Å². The van der Waals surface area contributed by atoms with Crippen LogP contribution in [0.3, 0.4) is 0 Å². The highest BCUT2D eigenvalue weighted by atomic mass is 32.2. The van der Waals surface area contributed by atoms with Crippen LogP contribution in [0, 0.1) is 5.82 Å². The third kappa shape index (κ3) is 6.36. The molecular formula is C26H27F4N3O2S. The molecule has 1 fully saturated rings. The first-order valence-electron chi connectivity index (χ1n) is 11.3. The quantitative estimate of drug-likeness (QED) is 0.277. The number of alkyl halides is 3. The highest BCUT2D eigenvalue weighted by Crippen LogP contribution is 2.32. The molecule has 192 valence electrons. The van der Waals surface area contributed by atoms with E-state index in [1.807, 2.05) is 24.3 Å². The van der Waals surface area contributed by atoms with Gasteiger partial charge in [0.25, 0.3) is 0 Å². The molecule has 0 amide bonds. The number of piperazine rings is 1. The van der Waals surface area contributed by atoms with Crippen LogP contribution in [0.1, 0.15) is 11.1 Å². The Hall–Kier alpha value is -3.11. The standard InChI is InChI=1S/C26H27F4N3O2S/c1-34-24-10-3-18(15-25(24)35-2)17-32-11-13-33(14-12-32)20-6-9-23(22(27)16-20)31-36-21-7-4-19(5-8-21)26(28,29)30/h3-10,15-16,31H,11-14,17H2,1-2H3. The molecule has 1 heterocycles. The van der Waals surface area contributed by atoms with Crippen LogP contribution < -0.4 is 19.1 Å². The average Bonchev–Trinajstić information content (AvgIpc) is 2.88. The lowest BCUT2D eigenvalue weighted by Crippen LogP contribution is -2.46. The van der Waals surface area contributed by atoms with Crippen LogP contribution >= 0.6 is 11.9 Å². The van der Waals surface area contributed by atoms with E-state index < -0.39 is 17.6 Å². The van der Waals surface area contributed by atoms with Crippen LogP contribution in [-0.4, -0.2) is 45.3 Å². The second-order valence-electron chi connectivity index (χ2n) is 8.34. The second-order valence-corrected chi connectivity index (χ2v) is 9.22. The molecule has 10 heteroatoms. The van der Waals surface area contributed by atoms with Crippen molar-refractivity contribution in [2.75, 3.05) is 50.0 Å². The smallest absolute Gasteiger partial charge is 0.416 e. The van der Waals surface area contributed by atoms with Gasteiger partial charge in [-0.15, -0.1) is 0 Å². The Kier molecular flexibility index (Phi) is 8.15. The van der Waals surface area contributed by atoms with E-state index in [9.17, 15) is 17.6 Å². The Morgan fingerprint density at radius 1 is 0.861 bits per heavy atom. The first-order chi connectivity index (χ1) is 17.3. The van der Waals surface area contributed by atoms with Gasteiger partial charge in [0.1, 0.15) is 5.82 Å². The SMILES string of the molecule is COc1ccc(CN2CCN(c3ccc(NSc4ccc(C(F)(F)F)cc4)c(F)c3)CC2)cc1OC. The van der Waals surface area contributed by atoms with Gasteiger partial charge >= 0.3 is 6.18 Å². The first kappa shape index (κ1) is 26.0. The number of anilines is 2. The minimum absolute atomic E-state index is 0.274. The lowest BCUT2D eigenvalue weighted by Gasteiger charge is -2.36. The summed E-state index contributed by atoms with van der Waals surface area (Å²) in [6, 6.07) is 15.6. The molecule has 0 aliphatic carbocycles. The molecule has 0 saturated carbocycles. The van der Waals surface area contributed by atoms with E-state index in [1.54, 1.807) is 20.3 Å². The fourth-order valence-electron chi connectivity index (χ4n) is 4.01. The van der Waals surface area contributed by atoms with E-state index in [0.29, 0.717) is 16.4 Å². The number of benzene rings is 3. The van der Waals surface area contributed by atoms with Crippen LogP contribution in [0.4, 0.5) is 28.9 Å². The monoisotopic (exact) mass is 521 g/mol. The van der Waals surface area contributed by atoms with Crippen molar-refractivity contribution in [1.29, 1.82) is 0 Å². The highest BCUT2D eigenvalue weighted by Gasteiger charge is 2.30. The topological polar surface area (TPSA) is 37.0 Å². The second kappa shape index (κ2) is 11.3. The Labute approximate surface area is 212 Å². The number of hydrogen-bond donors (Lipinski definition) is 1. The fraction of sp³-hybridized carbons (Fsp3) is 0.308. The van der Waals surface area contributed by atoms with Crippen molar-refractivity contribution in [3.8, 4) is 11.5 Å². The molecule has 0 aromatic heterocycles. The van der Waals surface area contributed by atoms with Crippen LogP contribution in [0.5, 0.6) is 11.5 Å². The minimum atomic E-state index is -4.38. The molecule has 0 bridgehead atoms. The van der Waals surface area contributed by atoms with E-state index in [1.165, 1.54) is 18.2 Å². The summed E-state index contributed by atoms with van der Waals surface area (Å²) in [5, 5.41) is 0. The zero-order chi connectivity index (χ0) is 25.7. The van der Waals surface area contributed by atoms with Gasteiger partial charge in [0, 0.05) is 43.3 Å². The van der Waals surface area contributed by atoms with Gasteiger partial charge in [0.15, 0.2) is 11.5 Å². The molecular weight excluding hydrogens is 494 g/mol. The van der Waals surface area contributed by atoms with Crippen LogP contribution in [0.25, 0.3) is 0 Å². The van der Waals surface area contributed by atoms with Gasteiger partial charge in [-0.25, -0.2) is 4.39 Å². The summed E-state index contributed by atoms with van der Waals surface area (Å²) in [5.41, 5.74) is 1.48. The number of hydrogen-bond acceptors (Lipinski definition) is 6. The molecule has 36 heavy (non-hydrogen) atoms. The number of ether oxygens (including phenoxy) is 2. The summed E-state index contributed by atoms with van der Waals surface area (Å²) in [7, 11) is 3.23. The van der Waals surface area contributed by atoms with Crippen molar-refractivity contribution in [3.05, 3.63) is 77.6 Å². The van der Waals surface area contributed by atoms with Gasteiger partial charge in [-0.2, -0.15) is 13.2 Å². The van der Waals surface area contributed by atoms with Crippen molar-refractivity contribution in [2.45, 2.75) is 17.6 Å². The van der Waals surface area contributed by atoms with Crippen LogP contribution in [-0.2, 0) is 12.7 Å². The van der Waals surface area contributed by atoms with Crippen molar-refractivity contribution in [3.63, 3.8) is 0 Å². The molecule has 0 unspecified atom stereocenters. The molecule has 4 rings (SSSR count). The van der Waals surface area contributed by atoms with E-state index >= 15 is 0 Å². The summed E-state index contributed by atoms with van der Waals surface area (Å²) < 4.78 is 66.4. The molecule has 5 nitrogen and oxygen atoms in total. The average molecular weight is 522 g/mol. The predicted molar refractivity (Wildman–Crippen MR) is 134 cm³/mol. The molecule has 0 atom stereocenters. The fourth-order valence-corrected chi connectivity index (χ4v) is 4.68. The zero-order valence-electron chi connectivity index (χ0n) is 19.9. The molecule has 3 aromatic rings. The number of halogens is 4. The molecule has 3 aromatic carbocycles. The van der Waals surface area contributed by atoms with Gasteiger partial charge in [-0.3, -0.25) is 4.90 Å². The maximum Gasteiger partial charge on any atom is 0.416 e. The Balaban J connectivity index is 1.30. The van der Waals surface area contributed by atoms with Gasteiger partial charge in [0.2, 0.25) is 0 Å². The Morgan fingerprint density at radius 3 is 2.17 bits per heavy atom. The number of nitrogens with zero attached hydrogens (tertiary/aromatic N) is 2. The summed E-state index contributed by atoms with van der Waals surface area (Å²) in [4.78, 5) is 5.03. The zero-order valence-corrected chi connectivity index (χ0v) is 20.8. The lowest BCUT2D eigenvalue weighted by molar-refractivity contribution is -0.137. The predicted octanol–water partition coefficient (Wildman–Crippen LogP) is 6.30. The third-order valence-electron chi connectivity index (χ3n) is 6.00. The maximum atomic E-state index is 14.7. The largest absolute Gasteiger partial charge is 0.493 e. The van der Waals surface area contributed by atoms with Gasteiger partial charge in [0.05, 0.1) is 25.5 Å². The van der Waals surface area contributed by atoms with Crippen molar-refractivity contribution in [1.82, 2.24) is 4.90 Å². The summed E-state index contributed by atoms with van der Waals surface area (Å²) in [6.45, 7) is 3.98. The van der Waals surface area contributed by atoms with Gasteiger partial charge in [-0.1, -0.05) is 6.07 Å². The summed E-state index contributed by atoms with van der Waals surface area (Å²) in [6.07, 6.45) is -4.38. The molecule has 0 spiro atoms. The van der Waals surface area contributed by atoms with Gasteiger partial charge in [-0.05, 0) is 72.1 Å². The first-order valence-corrected chi connectivity index (χ1v) is 12.2. The summed E-state index contributed by atoms with van der Waals surface area (Å²) in [5.74, 6) is 0.984. The van der Waals surface area contributed by atoms with E-state index in [2.05, 4.69) is 14.5 Å².